The van der Waals surface area contributed by atoms with Gasteiger partial charge < -0.3 is 9.47 Å². The fraction of sp³-hybridized carbons (Fsp3) is 0.400. The van der Waals surface area contributed by atoms with Gasteiger partial charge in [-0.3, -0.25) is 4.90 Å². The van der Waals surface area contributed by atoms with Crippen LogP contribution in [0.4, 0.5) is 4.39 Å². The monoisotopic (exact) mass is 308 g/mol. The van der Waals surface area contributed by atoms with Gasteiger partial charge in [0.15, 0.2) is 0 Å². The summed E-state index contributed by atoms with van der Waals surface area (Å²) < 4.78 is 24.1. The van der Waals surface area contributed by atoms with Crippen LogP contribution in [0, 0.1) is 5.82 Å². The lowest BCUT2D eigenvalue weighted by atomic mass is 10.1. The normalized spacial score (nSPS) is 16.1. The zero-order valence-electron chi connectivity index (χ0n) is 11.8. The molecule has 1 aliphatic heterocycles. The van der Waals surface area contributed by atoms with Crippen LogP contribution < -0.4 is 4.74 Å². The Morgan fingerprint density at radius 1 is 1.38 bits per heavy atom. The predicted molar refractivity (Wildman–Crippen MR) is 80.2 cm³/mol. The number of morpholine rings is 1. The van der Waals surface area contributed by atoms with E-state index in [0.29, 0.717) is 11.3 Å². The molecule has 1 saturated heterocycles. The molecule has 0 amide bonds. The van der Waals surface area contributed by atoms with Gasteiger partial charge in [-0.05, 0) is 18.2 Å². The highest BCUT2D eigenvalue weighted by molar-refractivity contribution is 7.09. The Labute approximate surface area is 127 Å². The van der Waals surface area contributed by atoms with Crippen LogP contribution in [0.1, 0.15) is 5.01 Å². The summed E-state index contributed by atoms with van der Waals surface area (Å²) in [5.41, 5.74) is 1.46. The maximum atomic E-state index is 13.4. The minimum Gasteiger partial charge on any atom is -0.496 e. The van der Waals surface area contributed by atoms with E-state index in [1.165, 1.54) is 12.1 Å². The van der Waals surface area contributed by atoms with Crippen LogP contribution in [0.5, 0.6) is 5.75 Å². The quantitative estimate of drug-likeness (QED) is 0.870. The van der Waals surface area contributed by atoms with Gasteiger partial charge >= 0.3 is 0 Å². The largest absolute Gasteiger partial charge is 0.496 e. The Morgan fingerprint density at radius 3 is 2.95 bits per heavy atom. The third kappa shape index (κ3) is 3.40. The van der Waals surface area contributed by atoms with Crippen LogP contribution in [-0.4, -0.2) is 43.3 Å². The van der Waals surface area contributed by atoms with Crippen LogP contribution in [-0.2, 0) is 11.3 Å². The molecular formula is C15H17FN2O2S. The van der Waals surface area contributed by atoms with Crippen LogP contribution in [0.15, 0.2) is 23.6 Å². The van der Waals surface area contributed by atoms with Gasteiger partial charge in [-0.1, -0.05) is 0 Å². The molecule has 0 unspecified atom stereocenters. The molecule has 0 N–H and O–H groups in total. The number of hydrogen-bond acceptors (Lipinski definition) is 5. The van der Waals surface area contributed by atoms with Crippen molar-refractivity contribution < 1.29 is 13.9 Å². The lowest BCUT2D eigenvalue weighted by Gasteiger charge is -2.25. The van der Waals surface area contributed by atoms with Gasteiger partial charge in [-0.15, -0.1) is 11.3 Å². The zero-order chi connectivity index (χ0) is 14.7. The number of thiazole rings is 1. The fourth-order valence-electron chi connectivity index (χ4n) is 2.34. The van der Waals surface area contributed by atoms with Crippen molar-refractivity contribution in [2.24, 2.45) is 0 Å². The van der Waals surface area contributed by atoms with Crippen molar-refractivity contribution in [3.8, 4) is 17.0 Å². The Morgan fingerprint density at radius 2 is 2.19 bits per heavy atom. The van der Waals surface area contributed by atoms with Crippen molar-refractivity contribution >= 4 is 11.3 Å². The predicted octanol–water partition coefficient (Wildman–Crippen LogP) is 2.79. The van der Waals surface area contributed by atoms with E-state index in [1.807, 2.05) is 5.38 Å². The van der Waals surface area contributed by atoms with Gasteiger partial charge in [0, 0.05) is 24.0 Å². The van der Waals surface area contributed by atoms with E-state index in [9.17, 15) is 4.39 Å². The lowest BCUT2D eigenvalue weighted by molar-refractivity contribution is 0.0342. The summed E-state index contributed by atoms with van der Waals surface area (Å²) in [7, 11) is 1.58. The average Bonchev–Trinajstić information content (AvgIpc) is 2.96. The SMILES string of the molecule is COc1ccc(F)cc1-c1csc(CN2CCOCC2)n1. The van der Waals surface area contributed by atoms with Crippen molar-refractivity contribution in [3.05, 3.63) is 34.4 Å². The van der Waals surface area contributed by atoms with Crippen molar-refractivity contribution in [2.75, 3.05) is 33.4 Å². The minimum atomic E-state index is -0.284. The summed E-state index contributed by atoms with van der Waals surface area (Å²) in [6, 6.07) is 4.49. The maximum Gasteiger partial charge on any atom is 0.128 e. The molecule has 2 heterocycles. The number of benzene rings is 1. The first-order valence-electron chi connectivity index (χ1n) is 6.84. The Bertz CT molecular complexity index is 611. The maximum absolute atomic E-state index is 13.4. The molecule has 0 saturated carbocycles. The summed E-state index contributed by atoms with van der Waals surface area (Å²) in [6.45, 7) is 4.22. The summed E-state index contributed by atoms with van der Waals surface area (Å²) in [4.78, 5) is 6.93. The molecule has 112 valence electrons. The van der Waals surface area contributed by atoms with Crippen molar-refractivity contribution in [1.29, 1.82) is 0 Å². The molecule has 1 aromatic carbocycles. The number of aromatic nitrogens is 1. The third-order valence-corrected chi connectivity index (χ3v) is 4.29. The second-order valence-corrected chi connectivity index (χ2v) is 5.80. The van der Waals surface area contributed by atoms with E-state index in [-0.39, 0.29) is 5.82 Å². The first-order valence-corrected chi connectivity index (χ1v) is 7.72. The molecule has 0 aliphatic carbocycles. The van der Waals surface area contributed by atoms with E-state index in [0.717, 1.165) is 43.5 Å². The lowest BCUT2D eigenvalue weighted by Crippen LogP contribution is -2.35. The molecule has 0 bridgehead atoms. The highest BCUT2D eigenvalue weighted by Crippen LogP contribution is 2.31. The van der Waals surface area contributed by atoms with E-state index in [1.54, 1.807) is 24.5 Å². The Kier molecular flexibility index (Phi) is 4.48. The molecule has 1 fully saturated rings. The van der Waals surface area contributed by atoms with Gasteiger partial charge in [0.05, 0.1) is 32.6 Å². The summed E-state index contributed by atoms with van der Waals surface area (Å²) in [6.07, 6.45) is 0. The van der Waals surface area contributed by atoms with E-state index >= 15 is 0 Å². The van der Waals surface area contributed by atoms with Gasteiger partial charge in [0.2, 0.25) is 0 Å². The third-order valence-electron chi connectivity index (χ3n) is 3.45. The zero-order valence-corrected chi connectivity index (χ0v) is 12.7. The first-order chi connectivity index (χ1) is 10.3. The minimum absolute atomic E-state index is 0.284. The summed E-state index contributed by atoms with van der Waals surface area (Å²) in [5.74, 6) is 0.355. The molecular weight excluding hydrogens is 291 g/mol. The summed E-state index contributed by atoms with van der Waals surface area (Å²) in [5, 5.41) is 2.98. The number of halogens is 1. The molecule has 0 atom stereocenters. The molecule has 21 heavy (non-hydrogen) atoms. The highest BCUT2D eigenvalue weighted by Gasteiger charge is 2.15. The second-order valence-electron chi connectivity index (χ2n) is 4.86. The number of nitrogens with zero attached hydrogens (tertiary/aromatic N) is 2. The topological polar surface area (TPSA) is 34.6 Å². The average molecular weight is 308 g/mol. The van der Waals surface area contributed by atoms with E-state index in [4.69, 9.17) is 9.47 Å². The Balaban J connectivity index is 1.79. The standard InChI is InChI=1S/C15H17FN2O2S/c1-19-14-3-2-11(16)8-12(14)13-10-21-15(17-13)9-18-4-6-20-7-5-18/h2-3,8,10H,4-7,9H2,1H3. The molecule has 0 spiro atoms. The molecule has 2 aromatic rings. The number of ether oxygens (including phenoxy) is 2. The van der Waals surface area contributed by atoms with Gasteiger partial charge in [0.25, 0.3) is 0 Å². The highest BCUT2D eigenvalue weighted by atomic mass is 32.1. The smallest absolute Gasteiger partial charge is 0.128 e. The number of methoxy groups -OCH3 is 1. The van der Waals surface area contributed by atoms with Crippen LogP contribution in [0.25, 0.3) is 11.3 Å². The molecule has 1 aliphatic rings. The van der Waals surface area contributed by atoms with Gasteiger partial charge in [0.1, 0.15) is 16.6 Å². The van der Waals surface area contributed by atoms with E-state index < -0.39 is 0 Å². The molecule has 4 nitrogen and oxygen atoms in total. The van der Waals surface area contributed by atoms with Gasteiger partial charge in [-0.2, -0.15) is 0 Å². The van der Waals surface area contributed by atoms with Crippen LogP contribution in [0.2, 0.25) is 0 Å². The Hall–Kier alpha value is -1.50. The molecule has 6 heteroatoms. The van der Waals surface area contributed by atoms with Crippen LogP contribution in [0.3, 0.4) is 0 Å². The second kappa shape index (κ2) is 6.51. The molecule has 1 aromatic heterocycles. The van der Waals surface area contributed by atoms with Crippen molar-refractivity contribution in [2.45, 2.75) is 6.54 Å². The molecule has 3 rings (SSSR count). The van der Waals surface area contributed by atoms with Crippen molar-refractivity contribution in [1.82, 2.24) is 9.88 Å². The van der Waals surface area contributed by atoms with Crippen molar-refractivity contribution in [3.63, 3.8) is 0 Å². The van der Waals surface area contributed by atoms with Crippen LogP contribution >= 0.6 is 11.3 Å². The first kappa shape index (κ1) is 14.4. The van der Waals surface area contributed by atoms with E-state index in [2.05, 4.69) is 9.88 Å². The fourth-order valence-corrected chi connectivity index (χ4v) is 3.17. The number of hydrogen-bond donors (Lipinski definition) is 0. The number of rotatable bonds is 4. The van der Waals surface area contributed by atoms with Gasteiger partial charge in [-0.25, -0.2) is 9.37 Å². The molecule has 0 radical (unpaired) electrons. The summed E-state index contributed by atoms with van der Waals surface area (Å²) >= 11 is 1.59.